The zero-order valence-corrected chi connectivity index (χ0v) is 16.8. The first-order valence-corrected chi connectivity index (χ1v) is 10.8. The molecule has 9 heteroatoms. The SMILES string of the molecule is CC(C)(C)C(=O)N1CCC(NC(=O)C2=CN3CCS(=O)(=O)N=C3C=C2)CC1. The van der Waals surface area contributed by atoms with Gasteiger partial charge in [-0.25, -0.2) is 8.42 Å². The number of amides is 2. The third kappa shape index (κ3) is 4.58. The number of piperidine rings is 1. The maximum Gasteiger partial charge on any atom is 0.256 e. The summed E-state index contributed by atoms with van der Waals surface area (Å²) < 4.78 is 26.8. The molecule has 3 rings (SSSR count). The predicted molar refractivity (Wildman–Crippen MR) is 102 cm³/mol. The number of amidine groups is 1. The van der Waals surface area contributed by atoms with Crippen LogP contribution in [-0.4, -0.2) is 67.3 Å². The van der Waals surface area contributed by atoms with E-state index >= 15 is 0 Å². The molecule has 0 aromatic rings. The number of carbonyl (C=O) groups is 2. The average Bonchev–Trinajstić information content (AvgIpc) is 2.59. The molecule has 1 saturated heterocycles. The summed E-state index contributed by atoms with van der Waals surface area (Å²) in [6.07, 6.45) is 6.22. The highest BCUT2D eigenvalue weighted by Crippen LogP contribution is 2.21. The molecule has 1 N–H and O–H groups in total. The highest BCUT2D eigenvalue weighted by Gasteiger charge is 2.31. The minimum absolute atomic E-state index is 0.0209. The normalized spacial score (nSPS) is 22.6. The average molecular weight is 394 g/mol. The first-order chi connectivity index (χ1) is 12.5. The largest absolute Gasteiger partial charge is 0.349 e. The molecule has 0 spiro atoms. The summed E-state index contributed by atoms with van der Waals surface area (Å²) >= 11 is 0. The Morgan fingerprint density at radius 2 is 1.81 bits per heavy atom. The van der Waals surface area contributed by atoms with E-state index < -0.39 is 15.4 Å². The maximum absolute atomic E-state index is 12.5. The first kappa shape index (κ1) is 19.6. The molecule has 1 fully saturated rings. The van der Waals surface area contributed by atoms with Gasteiger partial charge in [0.2, 0.25) is 5.91 Å². The van der Waals surface area contributed by atoms with Crippen LogP contribution in [0.2, 0.25) is 0 Å². The van der Waals surface area contributed by atoms with Crippen molar-refractivity contribution in [3.05, 3.63) is 23.9 Å². The Morgan fingerprint density at radius 3 is 2.44 bits per heavy atom. The lowest BCUT2D eigenvalue weighted by molar-refractivity contribution is -0.140. The zero-order valence-electron chi connectivity index (χ0n) is 15.9. The van der Waals surface area contributed by atoms with Crippen LogP contribution in [0.25, 0.3) is 0 Å². The van der Waals surface area contributed by atoms with Crippen LogP contribution < -0.4 is 5.32 Å². The fourth-order valence-electron chi connectivity index (χ4n) is 3.31. The number of likely N-dealkylation sites (tertiary alicyclic amines) is 1. The van der Waals surface area contributed by atoms with Crippen molar-refractivity contribution in [1.82, 2.24) is 15.1 Å². The van der Waals surface area contributed by atoms with Crippen molar-refractivity contribution in [2.45, 2.75) is 39.7 Å². The molecule has 8 nitrogen and oxygen atoms in total. The number of hydrogen-bond acceptors (Lipinski definition) is 5. The molecule has 27 heavy (non-hydrogen) atoms. The summed E-state index contributed by atoms with van der Waals surface area (Å²) in [5.74, 6) is 0.221. The summed E-state index contributed by atoms with van der Waals surface area (Å²) in [6, 6.07) is 0.0209. The fraction of sp³-hybridized carbons (Fsp3) is 0.611. The molecule has 0 aromatic carbocycles. The quantitative estimate of drug-likeness (QED) is 0.741. The van der Waals surface area contributed by atoms with Crippen molar-refractivity contribution in [3.8, 4) is 0 Å². The number of carbonyl (C=O) groups excluding carboxylic acids is 2. The van der Waals surface area contributed by atoms with Crippen LogP contribution in [0.4, 0.5) is 0 Å². The van der Waals surface area contributed by atoms with Crippen LogP contribution in [-0.2, 0) is 19.6 Å². The van der Waals surface area contributed by atoms with Crippen LogP contribution in [0.1, 0.15) is 33.6 Å². The summed E-state index contributed by atoms with van der Waals surface area (Å²) in [6.45, 7) is 7.29. The van der Waals surface area contributed by atoms with Crippen LogP contribution >= 0.6 is 0 Å². The Hall–Kier alpha value is -2.16. The lowest BCUT2D eigenvalue weighted by atomic mass is 9.93. The Morgan fingerprint density at radius 1 is 1.15 bits per heavy atom. The minimum atomic E-state index is -3.40. The monoisotopic (exact) mass is 394 g/mol. The number of hydrogen-bond donors (Lipinski definition) is 1. The molecular weight excluding hydrogens is 368 g/mol. The van der Waals surface area contributed by atoms with Crippen LogP contribution in [0.15, 0.2) is 28.3 Å². The number of nitrogens with zero attached hydrogens (tertiary/aromatic N) is 3. The van der Waals surface area contributed by atoms with Crippen molar-refractivity contribution < 1.29 is 18.0 Å². The smallest absolute Gasteiger partial charge is 0.256 e. The zero-order chi connectivity index (χ0) is 19.8. The Kier molecular flexibility index (Phi) is 5.16. The topological polar surface area (TPSA) is 99.1 Å². The molecule has 0 unspecified atom stereocenters. The van der Waals surface area contributed by atoms with Gasteiger partial charge in [0.05, 0.1) is 11.3 Å². The van der Waals surface area contributed by atoms with E-state index in [2.05, 4.69) is 9.71 Å². The Balaban J connectivity index is 1.56. The molecule has 0 saturated carbocycles. The first-order valence-electron chi connectivity index (χ1n) is 9.15. The molecule has 0 bridgehead atoms. The van der Waals surface area contributed by atoms with Crippen molar-refractivity contribution in [3.63, 3.8) is 0 Å². The van der Waals surface area contributed by atoms with E-state index in [1.807, 2.05) is 25.7 Å². The van der Waals surface area contributed by atoms with Gasteiger partial charge in [-0.05, 0) is 25.0 Å². The van der Waals surface area contributed by atoms with Gasteiger partial charge in [-0.3, -0.25) is 9.59 Å². The van der Waals surface area contributed by atoms with Gasteiger partial charge in [0, 0.05) is 37.3 Å². The van der Waals surface area contributed by atoms with E-state index in [0.717, 1.165) is 12.8 Å². The standard InChI is InChI=1S/C18H26N4O4S/c1-18(2,3)17(24)21-8-6-14(7-9-21)19-16(23)13-4-5-15-20-27(25,26)11-10-22(15)12-13/h4-5,12,14H,6-11H2,1-3H3,(H,19,23). The third-order valence-corrected chi connectivity index (χ3v) is 6.01. The van der Waals surface area contributed by atoms with E-state index in [0.29, 0.717) is 24.5 Å². The molecular formula is C18H26N4O4S. The summed E-state index contributed by atoms with van der Waals surface area (Å²) in [7, 11) is -3.40. The van der Waals surface area contributed by atoms with Gasteiger partial charge in [0.1, 0.15) is 5.84 Å². The van der Waals surface area contributed by atoms with Crippen molar-refractivity contribution >= 4 is 27.7 Å². The highest BCUT2D eigenvalue weighted by molar-refractivity contribution is 7.90. The van der Waals surface area contributed by atoms with Gasteiger partial charge < -0.3 is 15.1 Å². The number of rotatable bonds is 2. The van der Waals surface area contributed by atoms with E-state index in [1.165, 1.54) is 0 Å². The second-order valence-electron chi connectivity index (χ2n) is 8.14. The van der Waals surface area contributed by atoms with Gasteiger partial charge in [0.15, 0.2) is 0 Å². The van der Waals surface area contributed by atoms with E-state index in [1.54, 1.807) is 23.3 Å². The van der Waals surface area contributed by atoms with Gasteiger partial charge in [-0.1, -0.05) is 20.8 Å². The number of nitrogens with one attached hydrogen (secondary N) is 1. The Labute approximate surface area is 160 Å². The predicted octanol–water partition coefficient (Wildman–Crippen LogP) is 0.637. The second kappa shape index (κ2) is 7.10. The van der Waals surface area contributed by atoms with Crippen molar-refractivity contribution in [2.24, 2.45) is 9.81 Å². The molecule has 0 atom stereocenters. The fourth-order valence-corrected chi connectivity index (χ4v) is 4.27. The van der Waals surface area contributed by atoms with Crippen LogP contribution in [0.3, 0.4) is 0 Å². The van der Waals surface area contributed by atoms with Crippen molar-refractivity contribution in [1.29, 1.82) is 0 Å². The molecule has 3 aliphatic rings. The van der Waals surface area contributed by atoms with Gasteiger partial charge in [-0.15, -0.1) is 4.40 Å². The van der Waals surface area contributed by atoms with Crippen LogP contribution in [0, 0.1) is 5.41 Å². The molecule has 3 heterocycles. The van der Waals surface area contributed by atoms with E-state index in [9.17, 15) is 18.0 Å². The lowest BCUT2D eigenvalue weighted by Gasteiger charge is -2.36. The highest BCUT2D eigenvalue weighted by atomic mass is 32.2. The van der Waals surface area contributed by atoms with Gasteiger partial charge in [-0.2, -0.15) is 0 Å². The molecule has 3 aliphatic heterocycles. The molecule has 148 valence electrons. The molecule has 0 aliphatic carbocycles. The Bertz CT molecular complexity index is 828. The minimum Gasteiger partial charge on any atom is -0.349 e. The van der Waals surface area contributed by atoms with Gasteiger partial charge in [0.25, 0.3) is 15.9 Å². The number of fused-ring (bicyclic) bond motifs is 1. The summed E-state index contributed by atoms with van der Waals surface area (Å²) in [5, 5.41) is 3.02. The van der Waals surface area contributed by atoms with E-state index in [-0.39, 0.29) is 30.2 Å². The molecule has 2 amide bonds. The summed E-state index contributed by atoms with van der Waals surface area (Å²) in [4.78, 5) is 28.4. The second-order valence-corrected chi connectivity index (χ2v) is 9.89. The van der Waals surface area contributed by atoms with E-state index in [4.69, 9.17) is 0 Å². The molecule has 0 radical (unpaired) electrons. The maximum atomic E-state index is 12.5. The van der Waals surface area contributed by atoms with Gasteiger partial charge >= 0.3 is 0 Å². The van der Waals surface area contributed by atoms with Crippen molar-refractivity contribution in [2.75, 3.05) is 25.4 Å². The lowest BCUT2D eigenvalue weighted by Crippen LogP contribution is -2.49. The van der Waals surface area contributed by atoms with Crippen LogP contribution in [0.5, 0.6) is 0 Å². The summed E-state index contributed by atoms with van der Waals surface area (Å²) in [5.41, 5.74) is 0.0797. The molecule has 0 aromatic heterocycles. The number of sulfonamides is 1. The third-order valence-electron chi connectivity index (χ3n) is 4.85.